The Morgan fingerprint density at radius 3 is 2.39 bits per heavy atom. The van der Waals surface area contributed by atoms with Gasteiger partial charge in [-0.1, -0.05) is 30.3 Å². The van der Waals surface area contributed by atoms with Crippen LogP contribution in [0.4, 0.5) is 17.3 Å². The minimum absolute atomic E-state index is 0.152. The number of hydrogen-bond donors (Lipinski definition) is 2. The van der Waals surface area contributed by atoms with Crippen LogP contribution < -0.4 is 10.6 Å². The lowest BCUT2D eigenvalue weighted by atomic mass is 9.93. The lowest BCUT2D eigenvalue weighted by Gasteiger charge is -2.32. The van der Waals surface area contributed by atoms with Crippen LogP contribution >= 0.6 is 0 Å². The van der Waals surface area contributed by atoms with Gasteiger partial charge in [-0.05, 0) is 62.1 Å². The molecule has 1 saturated heterocycles. The number of hydrogen-bond acceptors (Lipinski definition) is 5. The van der Waals surface area contributed by atoms with E-state index in [4.69, 9.17) is 4.98 Å². The highest BCUT2D eigenvalue weighted by Gasteiger charge is 2.24. The SMILES string of the molecule is Cc1cccc(C)c1NCC(=O)N1CCC(c2cccc(Nc3ccccn3)n2)CC1. The Balaban J connectivity index is 1.31. The number of likely N-dealkylation sites (tertiary alicyclic amines) is 1. The number of carbonyl (C=O) groups excluding carboxylic acids is 1. The maximum atomic E-state index is 12.7. The number of benzene rings is 1. The van der Waals surface area contributed by atoms with E-state index in [-0.39, 0.29) is 5.91 Å². The molecule has 0 aliphatic carbocycles. The zero-order valence-corrected chi connectivity index (χ0v) is 18.1. The van der Waals surface area contributed by atoms with Gasteiger partial charge in [0, 0.05) is 36.6 Å². The van der Waals surface area contributed by atoms with Crippen LogP contribution in [0.15, 0.2) is 60.8 Å². The number of anilines is 3. The zero-order valence-electron chi connectivity index (χ0n) is 18.1. The molecule has 1 aliphatic heterocycles. The molecule has 1 amide bonds. The van der Waals surface area contributed by atoms with Crippen LogP contribution in [-0.4, -0.2) is 40.4 Å². The lowest BCUT2D eigenvalue weighted by Crippen LogP contribution is -2.41. The smallest absolute Gasteiger partial charge is 0.241 e. The van der Waals surface area contributed by atoms with Crippen molar-refractivity contribution in [2.45, 2.75) is 32.6 Å². The molecule has 160 valence electrons. The third kappa shape index (κ3) is 5.20. The molecule has 2 aromatic heterocycles. The number of amides is 1. The molecule has 1 fully saturated rings. The number of aromatic nitrogens is 2. The highest BCUT2D eigenvalue weighted by atomic mass is 16.2. The average Bonchev–Trinajstić information content (AvgIpc) is 2.79. The first-order valence-corrected chi connectivity index (χ1v) is 10.8. The molecule has 4 rings (SSSR count). The van der Waals surface area contributed by atoms with Gasteiger partial charge in [-0.25, -0.2) is 9.97 Å². The Kier molecular flexibility index (Phi) is 6.46. The second-order valence-corrected chi connectivity index (χ2v) is 8.06. The van der Waals surface area contributed by atoms with Crippen LogP contribution in [0.25, 0.3) is 0 Å². The summed E-state index contributed by atoms with van der Waals surface area (Å²) in [6.07, 6.45) is 3.61. The fourth-order valence-corrected chi connectivity index (χ4v) is 4.11. The summed E-state index contributed by atoms with van der Waals surface area (Å²) in [4.78, 5) is 23.8. The van der Waals surface area contributed by atoms with Crippen molar-refractivity contribution in [2.75, 3.05) is 30.3 Å². The van der Waals surface area contributed by atoms with Crippen molar-refractivity contribution in [1.82, 2.24) is 14.9 Å². The maximum Gasteiger partial charge on any atom is 0.241 e. The molecule has 0 unspecified atom stereocenters. The molecule has 1 aromatic carbocycles. The van der Waals surface area contributed by atoms with E-state index in [9.17, 15) is 4.79 Å². The number of para-hydroxylation sites is 1. The van der Waals surface area contributed by atoms with Crippen LogP contribution in [0.1, 0.15) is 35.6 Å². The predicted molar refractivity (Wildman–Crippen MR) is 125 cm³/mol. The van der Waals surface area contributed by atoms with Gasteiger partial charge in [0.1, 0.15) is 11.6 Å². The molecule has 3 aromatic rings. The van der Waals surface area contributed by atoms with Crippen LogP contribution in [0, 0.1) is 13.8 Å². The maximum absolute atomic E-state index is 12.7. The lowest BCUT2D eigenvalue weighted by molar-refractivity contribution is -0.130. The minimum atomic E-state index is 0.152. The van der Waals surface area contributed by atoms with Crippen molar-refractivity contribution in [3.63, 3.8) is 0 Å². The second-order valence-electron chi connectivity index (χ2n) is 8.06. The Morgan fingerprint density at radius 2 is 1.68 bits per heavy atom. The van der Waals surface area contributed by atoms with E-state index in [1.165, 1.54) is 0 Å². The normalized spacial score (nSPS) is 14.3. The number of pyridine rings is 2. The third-order valence-electron chi connectivity index (χ3n) is 5.86. The fourth-order valence-electron chi connectivity index (χ4n) is 4.11. The molecule has 0 bridgehead atoms. The van der Waals surface area contributed by atoms with E-state index < -0.39 is 0 Å². The van der Waals surface area contributed by atoms with E-state index in [0.29, 0.717) is 12.5 Å². The number of aryl methyl sites for hydroxylation is 2. The first-order chi connectivity index (χ1) is 15.1. The van der Waals surface area contributed by atoms with Gasteiger partial charge in [-0.3, -0.25) is 4.79 Å². The first-order valence-electron chi connectivity index (χ1n) is 10.8. The van der Waals surface area contributed by atoms with Gasteiger partial charge in [0.25, 0.3) is 0 Å². The molecule has 1 aliphatic rings. The standard InChI is InChI=1S/C25H29N5O/c1-18-7-5-8-19(2)25(18)27-17-24(31)30-15-12-20(13-16-30)21-9-6-11-23(28-21)29-22-10-3-4-14-26-22/h3-11,14,20,27H,12-13,15-17H2,1-2H3,(H,26,28,29). The van der Waals surface area contributed by atoms with Crippen molar-refractivity contribution in [1.29, 1.82) is 0 Å². The van der Waals surface area contributed by atoms with Crippen molar-refractivity contribution in [3.05, 3.63) is 77.6 Å². The van der Waals surface area contributed by atoms with Gasteiger partial charge in [-0.2, -0.15) is 0 Å². The van der Waals surface area contributed by atoms with Gasteiger partial charge in [0.15, 0.2) is 0 Å². The molecule has 0 atom stereocenters. The molecular weight excluding hydrogens is 386 g/mol. The highest BCUT2D eigenvalue weighted by molar-refractivity contribution is 5.81. The van der Waals surface area contributed by atoms with Gasteiger partial charge < -0.3 is 15.5 Å². The van der Waals surface area contributed by atoms with E-state index in [2.05, 4.69) is 47.7 Å². The molecule has 2 N–H and O–H groups in total. The van der Waals surface area contributed by atoms with E-state index in [0.717, 1.165) is 60.1 Å². The van der Waals surface area contributed by atoms with E-state index in [1.54, 1.807) is 6.20 Å². The first kappa shape index (κ1) is 20.8. The van der Waals surface area contributed by atoms with Gasteiger partial charge in [0.05, 0.1) is 6.54 Å². The molecular formula is C25H29N5O. The number of nitrogens with one attached hydrogen (secondary N) is 2. The summed E-state index contributed by atoms with van der Waals surface area (Å²) in [7, 11) is 0. The number of nitrogens with zero attached hydrogens (tertiary/aromatic N) is 3. The van der Waals surface area contributed by atoms with Crippen LogP contribution in [0.5, 0.6) is 0 Å². The molecule has 6 nitrogen and oxygen atoms in total. The second kappa shape index (κ2) is 9.60. The van der Waals surface area contributed by atoms with Crippen molar-refractivity contribution in [3.8, 4) is 0 Å². The van der Waals surface area contributed by atoms with Crippen LogP contribution in [0.3, 0.4) is 0 Å². The Morgan fingerprint density at radius 1 is 0.968 bits per heavy atom. The third-order valence-corrected chi connectivity index (χ3v) is 5.86. The summed E-state index contributed by atoms with van der Waals surface area (Å²) in [5.41, 5.74) is 4.46. The monoisotopic (exact) mass is 415 g/mol. The van der Waals surface area contributed by atoms with Gasteiger partial charge in [-0.15, -0.1) is 0 Å². The quantitative estimate of drug-likeness (QED) is 0.613. The number of piperidine rings is 1. The highest BCUT2D eigenvalue weighted by Crippen LogP contribution is 2.28. The van der Waals surface area contributed by atoms with Crippen molar-refractivity contribution >= 4 is 23.2 Å². The average molecular weight is 416 g/mol. The molecule has 3 heterocycles. The Bertz CT molecular complexity index is 1010. The van der Waals surface area contributed by atoms with Gasteiger partial charge in [0.2, 0.25) is 5.91 Å². The summed E-state index contributed by atoms with van der Waals surface area (Å²) >= 11 is 0. The summed E-state index contributed by atoms with van der Waals surface area (Å²) in [6.45, 7) is 5.98. The molecule has 0 saturated carbocycles. The summed E-state index contributed by atoms with van der Waals surface area (Å²) in [6, 6.07) is 18.0. The van der Waals surface area contributed by atoms with Crippen LogP contribution in [0.2, 0.25) is 0 Å². The summed E-state index contributed by atoms with van der Waals surface area (Å²) < 4.78 is 0. The number of carbonyl (C=O) groups is 1. The molecule has 0 spiro atoms. The van der Waals surface area contributed by atoms with Crippen molar-refractivity contribution in [2.24, 2.45) is 0 Å². The van der Waals surface area contributed by atoms with E-state index in [1.807, 2.05) is 41.3 Å². The Hall–Kier alpha value is -3.41. The number of rotatable bonds is 6. The fraction of sp³-hybridized carbons (Fsp3) is 0.320. The summed E-state index contributed by atoms with van der Waals surface area (Å²) in [5, 5.41) is 6.59. The predicted octanol–water partition coefficient (Wildman–Crippen LogP) is 4.66. The Labute approximate surface area is 183 Å². The largest absolute Gasteiger partial charge is 0.376 e. The topological polar surface area (TPSA) is 70.2 Å². The zero-order chi connectivity index (χ0) is 21.6. The van der Waals surface area contributed by atoms with E-state index >= 15 is 0 Å². The minimum Gasteiger partial charge on any atom is -0.376 e. The van der Waals surface area contributed by atoms with Crippen molar-refractivity contribution < 1.29 is 4.79 Å². The molecule has 6 heteroatoms. The van der Waals surface area contributed by atoms with Gasteiger partial charge >= 0.3 is 0 Å². The van der Waals surface area contributed by atoms with Crippen LogP contribution in [-0.2, 0) is 4.79 Å². The molecule has 0 radical (unpaired) electrons. The summed E-state index contributed by atoms with van der Waals surface area (Å²) in [5.74, 6) is 2.09. The molecule has 31 heavy (non-hydrogen) atoms.